The van der Waals surface area contributed by atoms with E-state index in [-0.39, 0.29) is 30.8 Å². The van der Waals surface area contributed by atoms with Crippen LogP contribution in [0.2, 0.25) is 0 Å². The summed E-state index contributed by atoms with van der Waals surface area (Å²) in [6.07, 6.45) is 1.35. The Hall–Kier alpha value is -0.770. The molecular formula is C11H18ClNO2. The summed E-state index contributed by atoms with van der Waals surface area (Å²) >= 11 is 0. The van der Waals surface area contributed by atoms with E-state index in [0.29, 0.717) is 12.8 Å². The van der Waals surface area contributed by atoms with E-state index in [0.717, 1.165) is 11.1 Å². The predicted octanol–water partition coefficient (Wildman–Crippen LogP) is 1.89. The van der Waals surface area contributed by atoms with E-state index in [2.05, 4.69) is 0 Å². The van der Waals surface area contributed by atoms with Gasteiger partial charge >= 0.3 is 0 Å². The molecule has 3 nitrogen and oxygen atoms in total. The van der Waals surface area contributed by atoms with E-state index in [1.807, 2.05) is 19.1 Å². The van der Waals surface area contributed by atoms with Gasteiger partial charge in [-0.15, -0.1) is 12.4 Å². The monoisotopic (exact) mass is 231 g/mol. The van der Waals surface area contributed by atoms with Crippen molar-refractivity contribution < 1.29 is 10.2 Å². The van der Waals surface area contributed by atoms with Crippen LogP contribution in [0.3, 0.4) is 0 Å². The van der Waals surface area contributed by atoms with Crippen molar-refractivity contribution in [3.05, 3.63) is 29.3 Å². The van der Waals surface area contributed by atoms with Crippen molar-refractivity contribution >= 4 is 12.4 Å². The molecule has 0 aliphatic rings. The van der Waals surface area contributed by atoms with Gasteiger partial charge in [-0.1, -0.05) is 12.1 Å². The Morgan fingerprint density at radius 2 is 2.07 bits per heavy atom. The van der Waals surface area contributed by atoms with Crippen molar-refractivity contribution in [1.82, 2.24) is 0 Å². The normalized spacial score (nSPS) is 11.9. The predicted molar refractivity (Wildman–Crippen MR) is 63.3 cm³/mol. The molecule has 1 rings (SSSR count). The largest absolute Gasteiger partial charge is 0.508 e. The van der Waals surface area contributed by atoms with E-state index in [1.165, 1.54) is 0 Å². The molecule has 0 aliphatic carbocycles. The van der Waals surface area contributed by atoms with Gasteiger partial charge in [-0.05, 0) is 31.4 Å². The van der Waals surface area contributed by atoms with Crippen LogP contribution < -0.4 is 5.73 Å². The molecule has 1 aromatic carbocycles. The fraction of sp³-hybridized carbons (Fsp3) is 0.455. The Bertz CT molecular complexity index is 305. The maximum absolute atomic E-state index is 9.62. The van der Waals surface area contributed by atoms with Gasteiger partial charge in [0, 0.05) is 18.2 Å². The molecule has 1 aromatic rings. The molecule has 0 radical (unpaired) electrons. The fourth-order valence-electron chi connectivity index (χ4n) is 1.43. The summed E-state index contributed by atoms with van der Waals surface area (Å²) in [5.74, 6) is 0.246. The quantitative estimate of drug-likeness (QED) is 0.742. The molecule has 4 N–H and O–H groups in total. The third-order valence-corrected chi connectivity index (χ3v) is 2.26. The summed E-state index contributed by atoms with van der Waals surface area (Å²) in [6, 6.07) is 5.28. The molecule has 0 unspecified atom stereocenters. The van der Waals surface area contributed by atoms with Crippen molar-refractivity contribution in [3.63, 3.8) is 0 Å². The van der Waals surface area contributed by atoms with E-state index >= 15 is 0 Å². The minimum Gasteiger partial charge on any atom is -0.508 e. The average Bonchev–Trinajstić information content (AvgIpc) is 2.14. The molecule has 0 saturated carbocycles. The summed E-state index contributed by atoms with van der Waals surface area (Å²) < 4.78 is 0. The van der Waals surface area contributed by atoms with Crippen LogP contribution in [0.15, 0.2) is 18.2 Å². The number of benzene rings is 1. The molecule has 0 saturated heterocycles. The van der Waals surface area contributed by atoms with Crippen LogP contribution in [0.5, 0.6) is 5.75 Å². The molecule has 0 heterocycles. The number of aliphatic hydroxyl groups excluding tert-OH is 1. The molecule has 0 aromatic heterocycles. The Kier molecular flexibility index (Phi) is 6.32. The highest BCUT2D eigenvalue weighted by Crippen LogP contribution is 2.26. The topological polar surface area (TPSA) is 66.5 Å². The third-order valence-electron chi connectivity index (χ3n) is 2.26. The Balaban J connectivity index is 0.00000196. The van der Waals surface area contributed by atoms with E-state index < -0.39 is 0 Å². The van der Waals surface area contributed by atoms with Gasteiger partial charge in [-0.25, -0.2) is 0 Å². The van der Waals surface area contributed by atoms with Crippen LogP contribution in [0.25, 0.3) is 0 Å². The molecule has 86 valence electrons. The van der Waals surface area contributed by atoms with Crippen molar-refractivity contribution in [3.8, 4) is 5.75 Å². The molecule has 0 aliphatic heterocycles. The maximum atomic E-state index is 9.62. The number of aliphatic hydroxyl groups is 1. The van der Waals surface area contributed by atoms with Gasteiger partial charge in [-0.2, -0.15) is 0 Å². The summed E-state index contributed by atoms with van der Waals surface area (Å²) in [7, 11) is 0. The summed E-state index contributed by atoms with van der Waals surface area (Å²) in [4.78, 5) is 0. The first kappa shape index (κ1) is 14.2. The summed E-state index contributed by atoms with van der Waals surface area (Å²) in [6.45, 7) is 2.06. The molecule has 0 spiro atoms. The number of phenols is 1. The first-order valence-electron chi connectivity index (χ1n) is 4.81. The van der Waals surface area contributed by atoms with Crippen LogP contribution in [0.4, 0.5) is 0 Å². The lowest BCUT2D eigenvalue weighted by Crippen LogP contribution is -2.11. The second kappa shape index (κ2) is 6.67. The molecule has 1 atom stereocenters. The Morgan fingerprint density at radius 1 is 1.40 bits per heavy atom. The molecule has 0 bridgehead atoms. The number of hydrogen-bond acceptors (Lipinski definition) is 3. The number of halogens is 1. The Morgan fingerprint density at radius 3 is 2.60 bits per heavy atom. The molecule has 4 heteroatoms. The van der Waals surface area contributed by atoms with Crippen LogP contribution in [0.1, 0.15) is 30.0 Å². The van der Waals surface area contributed by atoms with E-state index in [9.17, 15) is 5.11 Å². The fourth-order valence-corrected chi connectivity index (χ4v) is 1.43. The zero-order chi connectivity index (χ0) is 10.6. The zero-order valence-electron chi connectivity index (χ0n) is 8.81. The van der Waals surface area contributed by atoms with Crippen molar-refractivity contribution in [2.75, 3.05) is 6.61 Å². The minimum atomic E-state index is -0.192. The highest BCUT2D eigenvalue weighted by Gasteiger charge is 2.09. The zero-order valence-corrected chi connectivity index (χ0v) is 9.63. The van der Waals surface area contributed by atoms with Gasteiger partial charge in [0.05, 0.1) is 0 Å². The minimum absolute atomic E-state index is 0. The summed E-state index contributed by atoms with van der Waals surface area (Å²) in [5.41, 5.74) is 7.63. The average molecular weight is 232 g/mol. The molecule has 15 heavy (non-hydrogen) atoms. The second-order valence-corrected chi connectivity index (χ2v) is 3.53. The van der Waals surface area contributed by atoms with Crippen molar-refractivity contribution in [2.45, 2.75) is 25.8 Å². The van der Waals surface area contributed by atoms with Crippen LogP contribution in [-0.4, -0.2) is 16.8 Å². The Labute approximate surface area is 96.3 Å². The smallest absolute Gasteiger partial charge is 0.120 e. The highest BCUT2D eigenvalue weighted by atomic mass is 35.5. The number of rotatable bonds is 4. The van der Waals surface area contributed by atoms with Crippen LogP contribution in [0, 0.1) is 6.92 Å². The van der Waals surface area contributed by atoms with E-state index in [1.54, 1.807) is 6.07 Å². The molecule has 0 fully saturated rings. The van der Waals surface area contributed by atoms with Crippen molar-refractivity contribution in [2.24, 2.45) is 5.73 Å². The van der Waals surface area contributed by atoms with Gasteiger partial charge in [0.1, 0.15) is 5.75 Å². The van der Waals surface area contributed by atoms with Gasteiger partial charge < -0.3 is 15.9 Å². The lowest BCUT2D eigenvalue weighted by Gasteiger charge is -2.13. The van der Waals surface area contributed by atoms with Gasteiger partial charge in [0.15, 0.2) is 0 Å². The second-order valence-electron chi connectivity index (χ2n) is 3.53. The van der Waals surface area contributed by atoms with Crippen molar-refractivity contribution in [1.29, 1.82) is 0 Å². The lowest BCUT2D eigenvalue weighted by atomic mass is 10.0. The first-order valence-corrected chi connectivity index (χ1v) is 4.81. The SMILES string of the molecule is Cc1ccc([C@@H](N)CCCO)c(O)c1.Cl. The van der Waals surface area contributed by atoms with Gasteiger partial charge in [-0.3, -0.25) is 0 Å². The summed E-state index contributed by atoms with van der Waals surface area (Å²) in [5, 5.41) is 18.3. The molecular weight excluding hydrogens is 214 g/mol. The number of hydrogen-bond donors (Lipinski definition) is 3. The van der Waals surface area contributed by atoms with Crippen LogP contribution in [-0.2, 0) is 0 Å². The number of nitrogens with two attached hydrogens (primary N) is 1. The lowest BCUT2D eigenvalue weighted by molar-refractivity contribution is 0.279. The number of aryl methyl sites for hydroxylation is 1. The third kappa shape index (κ3) is 4.08. The van der Waals surface area contributed by atoms with Gasteiger partial charge in [0.2, 0.25) is 0 Å². The molecule has 0 amide bonds. The van der Waals surface area contributed by atoms with E-state index in [4.69, 9.17) is 10.8 Å². The first-order chi connectivity index (χ1) is 6.65. The number of aromatic hydroxyl groups is 1. The maximum Gasteiger partial charge on any atom is 0.120 e. The highest BCUT2D eigenvalue weighted by molar-refractivity contribution is 5.85. The van der Waals surface area contributed by atoms with Gasteiger partial charge in [0.25, 0.3) is 0 Å². The standard InChI is InChI=1S/C11H17NO2.ClH/c1-8-4-5-9(11(14)7-8)10(12)3-2-6-13;/h4-5,7,10,13-14H,2-3,6,12H2,1H3;1H/t10-;/m0./s1. The number of phenolic OH excluding ortho intramolecular Hbond substituents is 1. The van der Waals surface area contributed by atoms with Crippen LogP contribution >= 0.6 is 12.4 Å².